The van der Waals surface area contributed by atoms with Crippen LogP contribution in [-0.2, 0) is 9.47 Å². The third kappa shape index (κ3) is 4.48. The first-order chi connectivity index (χ1) is 12.6. The largest absolute Gasteiger partial charge is 0.394 e. The van der Waals surface area contributed by atoms with Crippen molar-refractivity contribution in [2.24, 2.45) is 0 Å². The highest BCUT2D eigenvalue weighted by atomic mass is 32.1. The van der Waals surface area contributed by atoms with Crippen LogP contribution >= 0.6 is 11.3 Å². The van der Waals surface area contributed by atoms with E-state index in [-0.39, 0.29) is 24.9 Å². The van der Waals surface area contributed by atoms with Crippen LogP contribution in [0.3, 0.4) is 0 Å². The number of carbonyl (C=O) groups is 1. The molecule has 2 heterocycles. The Morgan fingerprint density at radius 1 is 1.27 bits per heavy atom. The van der Waals surface area contributed by atoms with Gasteiger partial charge < -0.3 is 19.9 Å². The molecule has 1 aromatic carbocycles. The molecule has 0 radical (unpaired) electrons. The fourth-order valence-corrected chi connectivity index (χ4v) is 3.87. The lowest BCUT2D eigenvalue weighted by atomic mass is 9.93. The highest BCUT2D eigenvalue weighted by molar-refractivity contribution is 7.12. The van der Waals surface area contributed by atoms with Crippen LogP contribution in [0.2, 0.25) is 0 Å². The van der Waals surface area contributed by atoms with Crippen molar-refractivity contribution in [1.29, 1.82) is 0 Å². The minimum atomic E-state index is -0.510. The predicted molar refractivity (Wildman–Crippen MR) is 97.9 cm³/mol. The molecule has 1 aromatic heterocycles. The van der Waals surface area contributed by atoms with Gasteiger partial charge in [0.05, 0.1) is 23.7 Å². The molecule has 0 aliphatic carbocycles. The number of thiophene rings is 1. The molecular formula is C19H22FNO4S. The fraction of sp³-hybridized carbons (Fsp3) is 0.421. The number of aliphatic hydroxyl groups excluding tert-OH is 1. The molecule has 0 saturated carbocycles. The zero-order chi connectivity index (χ0) is 18.4. The molecule has 26 heavy (non-hydrogen) atoms. The van der Waals surface area contributed by atoms with Gasteiger partial charge in [-0.25, -0.2) is 4.39 Å². The highest BCUT2D eigenvalue weighted by Crippen LogP contribution is 2.29. The number of amides is 1. The SMILES string of the molecule is O=C(NCC1(OCCO)CCOCC1)c1sccc1-c1ccc(F)cc1. The number of hydrogen-bond acceptors (Lipinski definition) is 5. The number of carbonyl (C=O) groups excluding carboxylic acids is 1. The van der Waals surface area contributed by atoms with E-state index >= 15 is 0 Å². The molecule has 0 unspecified atom stereocenters. The Morgan fingerprint density at radius 3 is 2.69 bits per heavy atom. The molecule has 1 saturated heterocycles. The minimum absolute atomic E-state index is 0.0593. The normalized spacial score (nSPS) is 16.4. The molecule has 1 amide bonds. The van der Waals surface area contributed by atoms with Crippen LogP contribution < -0.4 is 5.32 Å². The van der Waals surface area contributed by atoms with E-state index in [1.165, 1.54) is 23.5 Å². The van der Waals surface area contributed by atoms with Crippen molar-refractivity contribution in [3.63, 3.8) is 0 Å². The van der Waals surface area contributed by atoms with Gasteiger partial charge in [0, 0.05) is 38.2 Å². The Bertz CT molecular complexity index is 725. The van der Waals surface area contributed by atoms with Gasteiger partial charge in [-0.3, -0.25) is 4.79 Å². The van der Waals surface area contributed by atoms with E-state index in [1.54, 1.807) is 12.1 Å². The number of aliphatic hydroxyl groups is 1. The molecule has 0 atom stereocenters. The number of rotatable bonds is 7. The van der Waals surface area contributed by atoms with Gasteiger partial charge >= 0.3 is 0 Å². The Balaban J connectivity index is 1.70. The second-order valence-corrected chi connectivity index (χ2v) is 7.14. The molecule has 1 aliphatic rings. The summed E-state index contributed by atoms with van der Waals surface area (Å²) >= 11 is 1.35. The van der Waals surface area contributed by atoms with E-state index < -0.39 is 5.60 Å². The van der Waals surface area contributed by atoms with Crippen LogP contribution in [0.5, 0.6) is 0 Å². The van der Waals surface area contributed by atoms with Crippen molar-refractivity contribution in [2.75, 3.05) is 33.0 Å². The summed E-state index contributed by atoms with van der Waals surface area (Å²) in [5.41, 5.74) is 1.07. The zero-order valence-corrected chi connectivity index (χ0v) is 15.2. The summed E-state index contributed by atoms with van der Waals surface area (Å²) in [5, 5.41) is 13.9. The van der Waals surface area contributed by atoms with E-state index in [9.17, 15) is 9.18 Å². The summed E-state index contributed by atoms with van der Waals surface area (Å²) < 4.78 is 24.4. The molecule has 5 nitrogen and oxygen atoms in total. The van der Waals surface area contributed by atoms with Crippen molar-refractivity contribution < 1.29 is 23.8 Å². The van der Waals surface area contributed by atoms with Crippen LogP contribution in [0.15, 0.2) is 35.7 Å². The van der Waals surface area contributed by atoms with Crippen molar-refractivity contribution >= 4 is 17.2 Å². The minimum Gasteiger partial charge on any atom is -0.394 e. The smallest absolute Gasteiger partial charge is 0.262 e. The van der Waals surface area contributed by atoms with E-state index in [2.05, 4.69) is 5.32 Å². The van der Waals surface area contributed by atoms with Gasteiger partial charge in [-0.2, -0.15) is 0 Å². The van der Waals surface area contributed by atoms with Crippen molar-refractivity contribution in [2.45, 2.75) is 18.4 Å². The van der Waals surface area contributed by atoms with Crippen LogP contribution in [-0.4, -0.2) is 49.6 Å². The maximum Gasteiger partial charge on any atom is 0.262 e. The molecule has 140 valence electrons. The molecule has 1 fully saturated rings. The Morgan fingerprint density at radius 2 is 2.00 bits per heavy atom. The Kier molecular flexibility index (Phi) is 6.37. The van der Waals surface area contributed by atoms with E-state index in [0.717, 1.165) is 11.1 Å². The maximum atomic E-state index is 13.1. The first-order valence-electron chi connectivity index (χ1n) is 8.58. The predicted octanol–water partition coefficient (Wildman–Crippen LogP) is 2.84. The summed E-state index contributed by atoms with van der Waals surface area (Å²) in [6.45, 7) is 1.67. The van der Waals surface area contributed by atoms with Gasteiger partial charge in [0.1, 0.15) is 5.82 Å². The second kappa shape index (κ2) is 8.73. The molecular weight excluding hydrogens is 357 g/mol. The lowest BCUT2D eigenvalue weighted by Crippen LogP contribution is -2.49. The first-order valence-corrected chi connectivity index (χ1v) is 9.46. The van der Waals surface area contributed by atoms with Gasteiger partial charge in [-0.1, -0.05) is 12.1 Å². The lowest BCUT2D eigenvalue weighted by Gasteiger charge is -2.37. The average molecular weight is 379 g/mol. The van der Waals surface area contributed by atoms with Gasteiger partial charge in [0.25, 0.3) is 5.91 Å². The maximum absolute atomic E-state index is 13.1. The van der Waals surface area contributed by atoms with Crippen molar-refractivity contribution in [3.8, 4) is 11.1 Å². The Hall–Kier alpha value is -1.80. The first kappa shape index (κ1) is 19.0. The molecule has 7 heteroatoms. The van der Waals surface area contributed by atoms with Gasteiger partial charge in [-0.15, -0.1) is 11.3 Å². The number of halogens is 1. The van der Waals surface area contributed by atoms with E-state index in [0.29, 0.717) is 37.5 Å². The van der Waals surface area contributed by atoms with Gasteiger partial charge in [0.2, 0.25) is 0 Å². The van der Waals surface area contributed by atoms with Crippen LogP contribution in [0.25, 0.3) is 11.1 Å². The number of nitrogens with one attached hydrogen (secondary N) is 1. The van der Waals surface area contributed by atoms with Crippen LogP contribution in [0.4, 0.5) is 4.39 Å². The molecule has 1 aliphatic heterocycles. The third-order valence-electron chi connectivity index (χ3n) is 4.50. The number of benzene rings is 1. The molecule has 0 spiro atoms. The number of hydrogen-bond donors (Lipinski definition) is 2. The monoisotopic (exact) mass is 379 g/mol. The second-order valence-electron chi connectivity index (χ2n) is 6.22. The van der Waals surface area contributed by atoms with Crippen LogP contribution in [0.1, 0.15) is 22.5 Å². The standard InChI is InChI=1S/C19H22FNO4S/c20-15-3-1-14(2-4-15)16-5-12-26-17(16)18(23)21-13-19(25-11-8-22)6-9-24-10-7-19/h1-5,12,22H,6-11,13H2,(H,21,23). The lowest BCUT2D eigenvalue weighted by molar-refractivity contribution is -0.114. The van der Waals surface area contributed by atoms with Crippen molar-refractivity contribution in [3.05, 3.63) is 46.4 Å². The molecule has 3 rings (SSSR count). The fourth-order valence-electron chi connectivity index (χ4n) is 3.04. The van der Waals surface area contributed by atoms with Crippen molar-refractivity contribution in [1.82, 2.24) is 5.32 Å². The van der Waals surface area contributed by atoms with E-state index in [1.807, 2.05) is 11.4 Å². The Labute approximate surface area is 155 Å². The summed E-state index contributed by atoms with van der Waals surface area (Å²) in [7, 11) is 0. The third-order valence-corrected chi connectivity index (χ3v) is 5.41. The molecule has 2 aromatic rings. The molecule has 2 N–H and O–H groups in total. The quantitative estimate of drug-likeness (QED) is 0.776. The average Bonchev–Trinajstić information content (AvgIpc) is 3.16. The zero-order valence-electron chi connectivity index (χ0n) is 14.4. The summed E-state index contributed by atoms with van der Waals surface area (Å²) in [6, 6.07) is 7.96. The van der Waals surface area contributed by atoms with Gasteiger partial charge in [-0.05, 0) is 29.1 Å². The van der Waals surface area contributed by atoms with Crippen LogP contribution in [0, 0.1) is 5.82 Å². The van der Waals surface area contributed by atoms with Gasteiger partial charge in [0.15, 0.2) is 0 Å². The summed E-state index contributed by atoms with van der Waals surface area (Å²) in [4.78, 5) is 13.3. The van der Waals surface area contributed by atoms with E-state index in [4.69, 9.17) is 14.6 Å². The summed E-state index contributed by atoms with van der Waals surface area (Å²) in [6.07, 6.45) is 1.34. The number of ether oxygens (including phenoxy) is 2. The topological polar surface area (TPSA) is 67.8 Å². The highest BCUT2D eigenvalue weighted by Gasteiger charge is 2.34. The molecule has 0 bridgehead atoms. The summed E-state index contributed by atoms with van der Waals surface area (Å²) in [5.74, 6) is -0.490.